The number of hydrogen-bond donors (Lipinski definition) is 5. The zero-order valence-corrected chi connectivity index (χ0v) is 22.9. The zero-order valence-electron chi connectivity index (χ0n) is 22.9. The van der Waals surface area contributed by atoms with E-state index in [4.69, 9.17) is 0 Å². The van der Waals surface area contributed by atoms with Crippen LogP contribution >= 0.6 is 0 Å². The Morgan fingerprint density at radius 2 is 1.24 bits per heavy atom. The minimum absolute atomic E-state index is 0.0244. The lowest BCUT2D eigenvalue weighted by Gasteiger charge is -2.22. The third-order valence-electron chi connectivity index (χ3n) is 5.43. The fraction of sp³-hybridized carbons (Fsp3) is 0.640. The van der Waals surface area contributed by atoms with E-state index in [1.165, 1.54) is 13.8 Å². The van der Waals surface area contributed by atoms with Crippen LogP contribution in [0.25, 0.3) is 0 Å². The lowest BCUT2D eigenvalue weighted by atomic mass is 9.97. The van der Waals surface area contributed by atoms with Gasteiger partial charge in [-0.05, 0) is 32.6 Å². The van der Waals surface area contributed by atoms with Crippen LogP contribution in [0.5, 0.6) is 0 Å². The Morgan fingerprint density at radius 1 is 0.737 bits per heavy atom. The van der Waals surface area contributed by atoms with Crippen LogP contribution in [0, 0.1) is 5.41 Å². The van der Waals surface area contributed by atoms with Crippen LogP contribution in [0.15, 0.2) is 12.2 Å². The molecule has 1 aliphatic heterocycles. The van der Waals surface area contributed by atoms with Gasteiger partial charge in [0.2, 0.25) is 29.5 Å². The lowest BCUT2D eigenvalue weighted by Crippen LogP contribution is -2.55. The summed E-state index contributed by atoms with van der Waals surface area (Å²) in [6.45, 7) is 11.0. The average Bonchev–Trinajstić information content (AvgIpc) is 3.14. The highest BCUT2D eigenvalue weighted by Gasteiger charge is 2.25. The van der Waals surface area contributed by atoms with Gasteiger partial charge in [-0.3, -0.25) is 38.5 Å². The third-order valence-corrected chi connectivity index (χ3v) is 5.43. The summed E-state index contributed by atoms with van der Waals surface area (Å²) in [4.78, 5) is 84.8. The van der Waals surface area contributed by atoms with Crippen molar-refractivity contribution in [3.05, 3.63) is 12.2 Å². The molecule has 0 fully saturated rings. The van der Waals surface area contributed by atoms with Gasteiger partial charge in [0.05, 0.1) is 0 Å². The number of rotatable bonds is 14. The highest BCUT2D eigenvalue weighted by molar-refractivity contribution is 6.13. The molecule has 13 heteroatoms. The fourth-order valence-electron chi connectivity index (χ4n) is 3.12. The predicted octanol–water partition coefficient (Wildman–Crippen LogP) is -1.13. The maximum atomic E-state index is 12.4. The zero-order chi connectivity index (χ0) is 29.0. The van der Waals surface area contributed by atoms with Gasteiger partial charge in [0, 0.05) is 44.6 Å². The summed E-state index contributed by atoms with van der Waals surface area (Å²) in [6.07, 6.45) is 2.59. The van der Waals surface area contributed by atoms with E-state index in [0.29, 0.717) is 13.0 Å². The first-order valence-corrected chi connectivity index (χ1v) is 12.6. The van der Waals surface area contributed by atoms with E-state index in [1.807, 2.05) is 20.8 Å². The van der Waals surface area contributed by atoms with E-state index in [-0.39, 0.29) is 43.2 Å². The molecule has 7 amide bonds. The lowest BCUT2D eigenvalue weighted by molar-refractivity contribution is -0.137. The van der Waals surface area contributed by atoms with Crippen molar-refractivity contribution in [1.29, 1.82) is 0 Å². The molecule has 0 bridgehead atoms. The van der Waals surface area contributed by atoms with Gasteiger partial charge in [-0.2, -0.15) is 0 Å². The van der Waals surface area contributed by atoms with Crippen LogP contribution in [-0.2, 0) is 33.6 Å². The molecule has 0 spiro atoms. The van der Waals surface area contributed by atoms with E-state index in [0.717, 1.165) is 17.1 Å². The number of carbonyl (C=O) groups excluding carboxylic acids is 7. The van der Waals surface area contributed by atoms with Gasteiger partial charge in [0.15, 0.2) is 0 Å². The standard InChI is InChI=1S/C25H40N6O7/c1-15(22(36)27-14-25(4,5)6)29-24(38)17(3)30-23(37)16(2)28-19(33)8-7-12-26-18(32)11-13-31-20(34)9-10-21(31)35/h9-10,15-17H,7-8,11-14H2,1-6H3,(H,26,32)(H,27,36)(H,28,33)(H,29,38)(H,30,37). The van der Waals surface area contributed by atoms with Crippen LogP contribution in [0.2, 0.25) is 0 Å². The van der Waals surface area contributed by atoms with Crippen molar-refractivity contribution in [2.75, 3.05) is 19.6 Å². The van der Waals surface area contributed by atoms with Crippen molar-refractivity contribution < 1.29 is 33.6 Å². The molecule has 5 N–H and O–H groups in total. The normalized spacial score (nSPS) is 15.4. The first-order chi connectivity index (χ1) is 17.6. The molecule has 0 saturated heterocycles. The summed E-state index contributed by atoms with van der Waals surface area (Å²) in [7, 11) is 0. The molecule has 0 aromatic carbocycles. The first kappa shape index (κ1) is 32.3. The molecule has 13 nitrogen and oxygen atoms in total. The second kappa shape index (κ2) is 14.8. The van der Waals surface area contributed by atoms with E-state index >= 15 is 0 Å². The largest absolute Gasteiger partial charge is 0.356 e. The Balaban J connectivity index is 2.27. The molecule has 0 aromatic heterocycles. The Bertz CT molecular complexity index is 938. The van der Waals surface area contributed by atoms with Crippen molar-refractivity contribution in [3.8, 4) is 0 Å². The molecule has 1 rings (SSSR count). The van der Waals surface area contributed by atoms with Crippen LogP contribution in [0.3, 0.4) is 0 Å². The fourth-order valence-corrected chi connectivity index (χ4v) is 3.12. The van der Waals surface area contributed by atoms with Gasteiger partial charge >= 0.3 is 0 Å². The van der Waals surface area contributed by atoms with Crippen molar-refractivity contribution >= 4 is 41.4 Å². The predicted molar refractivity (Wildman–Crippen MR) is 138 cm³/mol. The number of carbonyl (C=O) groups is 7. The van der Waals surface area contributed by atoms with Crippen LogP contribution < -0.4 is 26.6 Å². The van der Waals surface area contributed by atoms with E-state index in [1.54, 1.807) is 6.92 Å². The maximum absolute atomic E-state index is 12.4. The van der Waals surface area contributed by atoms with Crippen LogP contribution in [-0.4, -0.2) is 84.0 Å². The summed E-state index contributed by atoms with van der Waals surface area (Å²) in [5.41, 5.74) is -0.105. The highest BCUT2D eigenvalue weighted by atomic mass is 16.2. The molecule has 38 heavy (non-hydrogen) atoms. The van der Waals surface area contributed by atoms with E-state index in [2.05, 4.69) is 26.6 Å². The van der Waals surface area contributed by atoms with Crippen molar-refractivity contribution in [2.24, 2.45) is 5.41 Å². The quantitative estimate of drug-likeness (QED) is 0.137. The van der Waals surface area contributed by atoms with Crippen molar-refractivity contribution in [2.45, 2.75) is 78.9 Å². The van der Waals surface area contributed by atoms with Crippen LogP contribution in [0.4, 0.5) is 0 Å². The number of nitrogens with zero attached hydrogens (tertiary/aromatic N) is 1. The number of imide groups is 1. The minimum atomic E-state index is -0.933. The molecule has 3 unspecified atom stereocenters. The Kier molecular flexibility index (Phi) is 12.6. The van der Waals surface area contributed by atoms with Gasteiger partial charge in [-0.1, -0.05) is 20.8 Å². The van der Waals surface area contributed by atoms with Gasteiger partial charge in [0.1, 0.15) is 18.1 Å². The van der Waals surface area contributed by atoms with Crippen LogP contribution in [0.1, 0.15) is 60.8 Å². The van der Waals surface area contributed by atoms with Gasteiger partial charge < -0.3 is 26.6 Å². The van der Waals surface area contributed by atoms with Gasteiger partial charge in [-0.15, -0.1) is 0 Å². The highest BCUT2D eigenvalue weighted by Crippen LogP contribution is 2.10. The summed E-state index contributed by atoms with van der Waals surface area (Å²) in [6, 6.07) is -2.63. The monoisotopic (exact) mass is 536 g/mol. The minimum Gasteiger partial charge on any atom is -0.356 e. The Labute approximate surface area is 222 Å². The Morgan fingerprint density at radius 3 is 1.76 bits per heavy atom. The average molecular weight is 537 g/mol. The number of nitrogens with one attached hydrogen (secondary N) is 5. The van der Waals surface area contributed by atoms with Gasteiger partial charge in [-0.25, -0.2) is 0 Å². The molecule has 1 heterocycles. The smallest absolute Gasteiger partial charge is 0.253 e. The third kappa shape index (κ3) is 12.0. The van der Waals surface area contributed by atoms with E-state index in [9.17, 15) is 33.6 Å². The number of hydrogen-bond acceptors (Lipinski definition) is 7. The van der Waals surface area contributed by atoms with Crippen molar-refractivity contribution in [3.63, 3.8) is 0 Å². The first-order valence-electron chi connectivity index (χ1n) is 12.6. The molecular formula is C25H40N6O7. The summed E-state index contributed by atoms with van der Waals surface area (Å²) < 4.78 is 0. The SMILES string of the molecule is CC(NC(=O)CCCNC(=O)CCN1C(=O)C=CC1=O)C(=O)NC(C)C(=O)NC(C)C(=O)NCC(C)(C)C. The second-order valence-electron chi connectivity index (χ2n) is 10.4. The molecular weight excluding hydrogens is 496 g/mol. The maximum Gasteiger partial charge on any atom is 0.253 e. The summed E-state index contributed by atoms with van der Waals surface area (Å²) in [5.74, 6) is -3.14. The van der Waals surface area contributed by atoms with E-state index < -0.39 is 47.7 Å². The molecule has 212 valence electrons. The number of amides is 7. The molecule has 1 aliphatic rings. The summed E-state index contributed by atoms with van der Waals surface area (Å²) in [5, 5.41) is 12.9. The summed E-state index contributed by atoms with van der Waals surface area (Å²) >= 11 is 0. The molecule has 0 saturated carbocycles. The van der Waals surface area contributed by atoms with Crippen molar-refractivity contribution in [1.82, 2.24) is 31.5 Å². The Hall–Kier alpha value is -3.77. The molecule has 0 radical (unpaired) electrons. The topological polar surface area (TPSA) is 183 Å². The molecule has 0 aromatic rings. The molecule has 0 aliphatic carbocycles. The molecule has 3 atom stereocenters. The van der Waals surface area contributed by atoms with Gasteiger partial charge in [0.25, 0.3) is 11.8 Å². The second-order valence-corrected chi connectivity index (χ2v) is 10.4.